The Morgan fingerprint density at radius 3 is 2.67 bits per heavy atom. The Hall–Kier alpha value is -1.02. The minimum absolute atomic E-state index is 0.0665. The molecule has 0 amide bonds. The van der Waals surface area contributed by atoms with Crippen LogP contribution in [-0.2, 0) is 6.42 Å². The number of hydrogen-bond donors (Lipinski definition) is 1. The highest BCUT2D eigenvalue weighted by molar-refractivity contribution is 5.42. The molecule has 0 aliphatic carbocycles. The highest BCUT2D eigenvalue weighted by Crippen LogP contribution is 2.36. The molecule has 0 bridgehead atoms. The van der Waals surface area contributed by atoms with Crippen LogP contribution >= 0.6 is 0 Å². The first-order valence-electron chi connectivity index (χ1n) is 6.95. The largest absolute Gasteiger partial charge is 0.487 e. The number of benzene rings is 1. The summed E-state index contributed by atoms with van der Waals surface area (Å²) in [6, 6.07) is 6.58. The molecule has 18 heavy (non-hydrogen) atoms. The molecule has 1 aromatic carbocycles. The summed E-state index contributed by atoms with van der Waals surface area (Å²) in [4.78, 5) is 0. The number of ether oxygens (including phenoxy) is 1. The second-order valence-corrected chi connectivity index (χ2v) is 6.48. The molecule has 100 valence electrons. The summed E-state index contributed by atoms with van der Waals surface area (Å²) in [5.74, 6) is 1.74. The van der Waals surface area contributed by atoms with Gasteiger partial charge < -0.3 is 10.5 Å². The van der Waals surface area contributed by atoms with Gasteiger partial charge in [-0.1, -0.05) is 26.0 Å². The average Bonchev–Trinajstić information content (AvgIpc) is 2.58. The van der Waals surface area contributed by atoms with Crippen molar-refractivity contribution in [2.24, 2.45) is 11.7 Å². The van der Waals surface area contributed by atoms with Crippen molar-refractivity contribution in [3.63, 3.8) is 0 Å². The molecule has 1 heterocycles. The highest BCUT2D eigenvalue weighted by Gasteiger charge is 2.30. The molecule has 0 fully saturated rings. The first-order chi connectivity index (χ1) is 8.37. The Morgan fingerprint density at radius 2 is 2.00 bits per heavy atom. The first-order valence-corrected chi connectivity index (χ1v) is 6.95. The molecule has 1 aliphatic heterocycles. The van der Waals surface area contributed by atoms with Gasteiger partial charge in [-0.3, -0.25) is 0 Å². The van der Waals surface area contributed by atoms with E-state index in [9.17, 15) is 0 Å². The number of fused-ring (bicyclic) bond motifs is 1. The molecule has 2 N–H and O–H groups in total. The van der Waals surface area contributed by atoms with Gasteiger partial charge in [-0.15, -0.1) is 0 Å². The quantitative estimate of drug-likeness (QED) is 0.877. The van der Waals surface area contributed by atoms with Crippen LogP contribution in [0, 0.1) is 5.92 Å². The maximum atomic E-state index is 6.26. The standard InChI is InChI=1S/C16H25NO/c1-11(2)5-7-14(17)12-6-8-15-13(9-12)10-16(3,4)18-15/h6,8-9,11,14H,5,7,10,17H2,1-4H3. The smallest absolute Gasteiger partial charge is 0.123 e. The van der Waals surface area contributed by atoms with Gasteiger partial charge in [0.25, 0.3) is 0 Å². The second-order valence-electron chi connectivity index (χ2n) is 6.48. The fraction of sp³-hybridized carbons (Fsp3) is 0.625. The van der Waals surface area contributed by atoms with Crippen LogP contribution in [0.1, 0.15) is 57.7 Å². The average molecular weight is 247 g/mol. The molecule has 1 aromatic rings. The van der Waals surface area contributed by atoms with E-state index in [1.165, 1.54) is 17.5 Å². The summed E-state index contributed by atoms with van der Waals surface area (Å²) in [7, 11) is 0. The van der Waals surface area contributed by atoms with Crippen molar-refractivity contribution in [1.29, 1.82) is 0 Å². The lowest BCUT2D eigenvalue weighted by atomic mass is 9.95. The third kappa shape index (κ3) is 3.05. The van der Waals surface area contributed by atoms with Crippen LogP contribution in [0.5, 0.6) is 5.75 Å². The molecule has 1 atom stereocenters. The number of hydrogen-bond acceptors (Lipinski definition) is 2. The topological polar surface area (TPSA) is 35.2 Å². The van der Waals surface area contributed by atoms with Crippen molar-refractivity contribution >= 4 is 0 Å². The van der Waals surface area contributed by atoms with Crippen LogP contribution in [0.25, 0.3) is 0 Å². The molecular formula is C16H25NO. The predicted molar refractivity (Wildman–Crippen MR) is 75.9 cm³/mol. The van der Waals surface area contributed by atoms with E-state index in [-0.39, 0.29) is 11.6 Å². The lowest BCUT2D eigenvalue weighted by Crippen LogP contribution is -2.24. The lowest BCUT2D eigenvalue weighted by Gasteiger charge is -2.16. The predicted octanol–water partition coefficient (Wildman–Crippen LogP) is 3.84. The van der Waals surface area contributed by atoms with E-state index in [0.29, 0.717) is 5.92 Å². The summed E-state index contributed by atoms with van der Waals surface area (Å²) in [5, 5.41) is 0. The first kappa shape index (κ1) is 13.4. The molecule has 0 aromatic heterocycles. The van der Waals surface area contributed by atoms with Gasteiger partial charge in [0.2, 0.25) is 0 Å². The van der Waals surface area contributed by atoms with E-state index in [2.05, 4.69) is 45.9 Å². The van der Waals surface area contributed by atoms with E-state index in [1.54, 1.807) is 0 Å². The Kier molecular flexibility index (Phi) is 3.67. The van der Waals surface area contributed by atoms with Crippen LogP contribution in [-0.4, -0.2) is 5.60 Å². The van der Waals surface area contributed by atoms with Crippen molar-refractivity contribution in [3.05, 3.63) is 29.3 Å². The van der Waals surface area contributed by atoms with Gasteiger partial charge in [-0.05, 0) is 49.8 Å². The van der Waals surface area contributed by atoms with Gasteiger partial charge in [0, 0.05) is 12.5 Å². The van der Waals surface area contributed by atoms with Crippen molar-refractivity contribution in [2.45, 2.75) is 58.6 Å². The molecule has 2 rings (SSSR count). The van der Waals surface area contributed by atoms with E-state index in [4.69, 9.17) is 10.5 Å². The Labute approximate surface area is 111 Å². The van der Waals surface area contributed by atoms with Crippen LogP contribution in [0.4, 0.5) is 0 Å². The minimum Gasteiger partial charge on any atom is -0.487 e. The molecule has 0 radical (unpaired) electrons. The molecule has 0 spiro atoms. The normalized spacial score (nSPS) is 18.6. The Bertz CT molecular complexity index is 423. The van der Waals surface area contributed by atoms with Crippen molar-refractivity contribution < 1.29 is 4.74 Å². The molecule has 0 saturated carbocycles. The Morgan fingerprint density at radius 1 is 1.28 bits per heavy atom. The maximum absolute atomic E-state index is 6.26. The molecule has 2 nitrogen and oxygen atoms in total. The summed E-state index contributed by atoms with van der Waals surface area (Å²) >= 11 is 0. The molecule has 2 heteroatoms. The highest BCUT2D eigenvalue weighted by atomic mass is 16.5. The van der Waals surface area contributed by atoms with Crippen molar-refractivity contribution in [3.8, 4) is 5.75 Å². The monoisotopic (exact) mass is 247 g/mol. The number of nitrogens with two attached hydrogens (primary N) is 1. The summed E-state index contributed by atoms with van der Waals surface area (Å²) in [6.45, 7) is 8.74. The number of rotatable bonds is 4. The van der Waals surface area contributed by atoms with Gasteiger partial charge in [-0.25, -0.2) is 0 Å². The zero-order valence-electron chi connectivity index (χ0n) is 12.0. The van der Waals surface area contributed by atoms with Crippen LogP contribution < -0.4 is 10.5 Å². The third-order valence-electron chi connectivity index (χ3n) is 3.57. The summed E-state index contributed by atoms with van der Waals surface area (Å²) in [5.41, 5.74) is 8.75. The summed E-state index contributed by atoms with van der Waals surface area (Å²) < 4.78 is 5.89. The van der Waals surface area contributed by atoms with Gasteiger partial charge in [-0.2, -0.15) is 0 Å². The van der Waals surface area contributed by atoms with Gasteiger partial charge in [0.05, 0.1) is 0 Å². The molecule has 1 aliphatic rings. The van der Waals surface area contributed by atoms with Gasteiger partial charge in [0.15, 0.2) is 0 Å². The maximum Gasteiger partial charge on any atom is 0.123 e. The van der Waals surface area contributed by atoms with E-state index in [1.807, 2.05) is 0 Å². The fourth-order valence-corrected chi connectivity index (χ4v) is 2.54. The Balaban J connectivity index is 2.08. The van der Waals surface area contributed by atoms with Crippen LogP contribution in [0.2, 0.25) is 0 Å². The third-order valence-corrected chi connectivity index (χ3v) is 3.57. The molecule has 1 unspecified atom stereocenters. The van der Waals surface area contributed by atoms with E-state index in [0.717, 1.165) is 18.6 Å². The van der Waals surface area contributed by atoms with Crippen LogP contribution in [0.15, 0.2) is 18.2 Å². The molecule has 0 saturated heterocycles. The SMILES string of the molecule is CC(C)CCC(N)c1ccc2c(c1)CC(C)(C)O2. The zero-order chi connectivity index (χ0) is 13.3. The van der Waals surface area contributed by atoms with Crippen LogP contribution in [0.3, 0.4) is 0 Å². The molecular weight excluding hydrogens is 222 g/mol. The minimum atomic E-state index is -0.0665. The van der Waals surface area contributed by atoms with Gasteiger partial charge >= 0.3 is 0 Å². The lowest BCUT2D eigenvalue weighted by molar-refractivity contribution is 0.138. The van der Waals surface area contributed by atoms with Gasteiger partial charge in [0.1, 0.15) is 11.4 Å². The van der Waals surface area contributed by atoms with Crippen molar-refractivity contribution in [1.82, 2.24) is 0 Å². The fourth-order valence-electron chi connectivity index (χ4n) is 2.54. The van der Waals surface area contributed by atoms with Crippen molar-refractivity contribution in [2.75, 3.05) is 0 Å². The summed E-state index contributed by atoms with van der Waals surface area (Å²) in [6.07, 6.45) is 3.22. The zero-order valence-corrected chi connectivity index (χ0v) is 12.0. The van der Waals surface area contributed by atoms with E-state index < -0.39 is 0 Å². The van der Waals surface area contributed by atoms with E-state index >= 15 is 0 Å². The second kappa shape index (κ2) is 4.93.